The topological polar surface area (TPSA) is 35.5 Å². The molecule has 0 radical (unpaired) electrons. The lowest BCUT2D eigenvalue weighted by Crippen LogP contribution is -2.34. The van der Waals surface area contributed by atoms with E-state index in [1.165, 1.54) is 12.1 Å². The SMILES string of the molecule is CC(C)(C)OC(=O)Cc1cc(F)ccc1C1CCOCC1(C)C. The van der Waals surface area contributed by atoms with Gasteiger partial charge in [0.2, 0.25) is 0 Å². The van der Waals surface area contributed by atoms with E-state index in [9.17, 15) is 9.18 Å². The summed E-state index contributed by atoms with van der Waals surface area (Å²) in [6, 6.07) is 4.75. The number of esters is 1. The van der Waals surface area contributed by atoms with Crippen LogP contribution in [-0.4, -0.2) is 24.8 Å². The van der Waals surface area contributed by atoms with Crippen molar-refractivity contribution in [2.75, 3.05) is 13.2 Å². The molecule has 0 saturated carbocycles. The van der Waals surface area contributed by atoms with E-state index in [-0.39, 0.29) is 29.5 Å². The van der Waals surface area contributed by atoms with Gasteiger partial charge in [-0.25, -0.2) is 4.39 Å². The standard InChI is InChI=1S/C19H27FO3/c1-18(2,3)23-17(21)11-13-10-14(20)6-7-15(13)16-8-9-22-12-19(16,4)5/h6-7,10,16H,8-9,11-12H2,1-5H3. The summed E-state index contributed by atoms with van der Waals surface area (Å²) in [5.74, 6) is -0.402. The second-order valence-corrected chi connectivity index (χ2v) is 7.99. The van der Waals surface area contributed by atoms with Crippen LogP contribution in [0.2, 0.25) is 0 Å². The molecular weight excluding hydrogens is 295 g/mol. The maximum Gasteiger partial charge on any atom is 0.310 e. The average Bonchev–Trinajstić information content (AvgIpc) is 2.37. The highest BCUT2D eigenvalue weighted by atomic mass is 19.1. The molecule has 0 spiro atoms. The van der Waals surface area contributed by atoms with Gasteiger partial charge in [0.05, 0.1) is 13.0 Å². The molecule has 3 nitrogen and oxygen atoms in total. The van der Waals surface area contributed by atoms with Crippen LogP contribution in [0.4, 0.5) is 4.39 Å². The third-order valence-corrected chi connectivity index (χ3v) is 4.20. The quantitative estimate of drug-likeness (QED) is 0.781. The Morgan fingerprint density at radius 2 is 2.09 bits per heavy atom. The van der Waals surface area contributed by atoms with Crippen LogP contribution in [-0.2, 0) is 20.7 Å². The van der Waals surface area contributed by atoms with Crippen LogP contribution in [0.3, 0.4) is 0 Å². The van der Waals surface area contributed by atoms with E-state index in [1.54, 1.807) is 0 Å². The highest BCUT2D eigenvalue weighted by molar-refractivity contribution is 5.73. The summed E-state index contributed by atoms with van der Waals surface area (Å²) in [5, 5.41) is 0. The number of carbonyl (C=O) groups excluding carboxylic acids is 1. The molecule has 1 aliphatic heterocycles. The fourth-order valence-electron chi connectivity index (χ4n) is 3.20. The van der Waals surface area contributed by atoms with Crippen molar-refractivity contribution in [1.29, 1.82) is 0 Å². The fraction of sp³-hybridized carbons (Fsp3) is 0.632. The molecule has 1 heterocycles. The van der Waals surface area contributed by atoms with Crippen LogP contribution in [0.25, 0.3) is 0 Å². The van der Waals surface area contributed by atoms with Gasteiger partial charge in [-0.1, -0.05) is 19.9 Å². The molecule has 0 aromatic heterocycles. The first-order valence-corrected chi connectivity index (χ1v) is 8.16. The van der Waals surface area contributed by atoms with Crippen LogP contribution in [0.15, 0.2) is 18.2 Å². The Bertz CT molecular complexity index is 572. The summed E-state index contributed by atoms with van der Waals surface area (Å²) in [7, 11) is 0. The van der Waals surface area contributed by atoms with Crippen molar-refractivity contribution in [3.63, 3.8) is 0 Å². The molecule has 128 valence electrons. The van der Waals surface area contributed by atoms with Gasteiger partial charge in [0.1, 0.15) is 11.4 Å². The van der Waals surface area contributed by atoms with Gasteiger partial charge >= 0.3 is 5.97 Å². The second-order valence-electron chi connectivity index (χ2n) is 7.99. The number of rotatable bonds is 3. The lowest BCUT2D eigenvalue weighted by atomic mass is 9.71. The summed E-state index contributed by atoms with van der Waals surface area (Å²) in [4.78, 5) is 12.2. The minimum absolute atomic E-state index is 0.0429. The zero-order valence-corrected chi connectivity index (χ0v) is 14.7. The smallest absolute Gasteiger partial charge is 0.310 e. The Labute approximate surface area is 138 Å². The number of ether oxygens (including phenoxy) is 2. The third kappa shape index (κ3) is 4.77. The molecule has 23 heavy (non-hydrogen) atoms. The van der Waals surface area contributed by atoms with Crippen molar-refractivity contribution in [3.05, 3.63) is 35.1 Å². The van der Waals surface area contributed by atoms with E-state index in [0.717, 1.165) is 17.5 Å². The molecular formula is C19H27FO3. The maximum absolute atomic E-state index is 13.7. The maximum atomic E-state index is 13.7. The Morgan fingerprint density at radius 1 is 1.39 bits per heavy atom. The van der Waals surface area contributed by atoms with E-state index in [0.29, 0.717) is 13.2 Å². The highest BCUT2D eigenvalue weighted by Gasteiger charge is 2.35. The Morgan fingerprint density at radius 3 is 2.70 bits per heavy atom. The number of halogens is 1. The van der Waals surface area contributed by atoms with E-state index >= 15 is 0 Å². The molecule has 4 heteroatoms. The normalized spacial score (nSPS) is 21.0. The second kappa shape index (κ2) is 6.60. The van der Waals surface area contributed by atoms with Gasteiger partial charge in [0.25, 0.3) is 0 Å². The van der Waals surface area contributed by atoms with Crippen molar-refractivity contribution in [2.24, 2.45) is 5.41 Å². The predicted octanol–water partition coefficient (Wildman–Crippen LogP) is 4.24. The zero-order chi connectivity index (χ0) is 17.3. The van der Waals surface area contributed by atoms with Crippen molar-refractivity contribution >= 4 is 5.97 Å². The molecule has 1 atom stereocenters. The monoisotopic (exact) mass is 322 g/mol. The van der Waals surface area contributed by atoms with Gasteiger partial charge < -0.3 is 9.47 Å². The minimum atomic E-state index is -0.539. The molecule has 1 aromatic carbocycles. The predicted molar refractivity (Wildman–Crippen MR) is 87.9 cm³/mol. The number of carbonyl (C=O) groups is 1. The molecule has 1 aromatic rings. The molecule has 1 fully saturated rings. The fourth-order valence-corrected chi connectivity index (χ4v) is 3.20. The highest BCUT2D eigenvalue weighted by Crippen LogP contribution is 2.42. The first-order valence-electron chi connectivity index (χ1n) is 8.16. The van der Waals surface area contributed by atoms with Gasteiger partial charge in [0.15, 0.2) is 0 Å². The Hall–Kier alpha value is -1.42. The molecule has 1 aliphatic rings. The number of hydrogen-bond acceptors (Lipinski definition) is 3. The Kier molecular flexibility index (Phi) is 5.14. The van der Waals surface area contributed by atoms with Crippen molar-refractivity contribution in [3.8, 4) is 0 Å². The Balaban J connectivity index is 2.29. The van der Waals surface area contributed by atoms with E-state index in [2.05, 4.69) is 13.8 Å². The van der Waals surface area contributed by atoms with Crippen LogP contribution in [0.5, 0.6) is 0 Å². The number of hydrogen-bond donors (Lipinski definition) is 0. The number of benzene rings is 1. The summed E-state index contributed by atoms with van der Waals surface area (Å²) >= 11 is 0. The first-order chi connectivity index (χ1) is 10.6. The van der Waals surface area contributed by atoms with Gasteiger partial charge in [-0.15, -0.1) is 0 Å². The van der Waals surface area contributed by atoms with Gasteiger partial charge in [-0.2, -0.15) is 0 Å². The van der Waals surface area contributed by atoms with Gasteiger partial charge in [-0.3, -0.25) is 4.79 Å². The molecule has 0 N–H and O–H groups in total. The zero-order valence-electron chi connectivity index (χ0n) is 14.7. The van der Waals surface area contributed by atoms with Gasteiger partial charge in [0, 0.05) is 6.61 Å². The molecule has 0 aliphatic carbocycles. The van der Waals surface area contributed by atoms with E-state index in [4.69, 9.17) is 9.47 Å². The van der Waals surface area contributed by atoms with Crippen LogP contribution in [0.1, 0.15) is 58.1 Å². The lowest BCUT2D eigenvalue weighted by Gasteiger charge is -2.39. The summed E-state index contributed by atoms with van der Waals surface area (Å²) in [6.45, 7) is 11.2. The minimum Gasteiger partial charge on any atom is -0.460 e. The summed E-state index contributed by atoms with van der Waals surface area (Å²) in [5.41, 5.74) is 1.17. The average molecular weight is 322 g/mol. The summed E-state index contributed by atoms with van der Waals surface area (Å²) in [6.07, 6.45) is 0.970. The lowest BCUT2D eigenvalue weighted by molar-refractivity contribution is -0.153. The first kappa shape index (κ1) is 17.9. The van der Waals surface area contributed by atoms with Crippen molar-refractivity contribution in [2.45, 2.75) is 59.0 Å². The van der Waals surface area contributed by atoms with Crippen LogP contribution < -0.4 is 0 Å². The largest absolute Gasteiger partial charge is 0.460 e. The molecule has 1 unspecified atom stereocenters. The van der Waals surface area contributed by atoms with Crippen LogP contribution in [0, 0.1) is 11.2 Å². The molecule has 1 saturated heterocycles. The van der Waals surface area contributed by atoms with Gasteiger partial charge in [-0.05, 0) is 61.8 Å². The van der Waals surface area contributed by atoms with Crippen molar-refractivity contribution < 1.29 is 18.7 Å². The molecule has 0 amide bonds. The van der Waals surface area contributed by atoms with Crippen molar-refractivity contribution in [1.82, 2.24) is 0 Å². The van der Waals surface area contributed by atoms with E-state index < -0.39 is 5.60 Å². The van der Waals surface area contributed by atoms with E-state index in [1.807, 2.05) is 26.8 Å². The molecule has 0 bridgehead atoms. The summed E-state index contributed by atoms with van der Waals surface area (Å²) < 4.78 is 24.7. The molecule has 2 rings (SSSR count). The van der Waals surface area contributed by atoms with Crippen LogP contribution >= 0.6 is 0 Å². The third-order valence-electron chi connectivity index (χ3n) is 4.20.